The molecule has 0 heterocycles. The van der Waals surface area contributed by atoms with Gasteiger partial charge in [0.15, 0.2) is 0 Å². The number of hydrogen-bond acceptors (Lipinski definition) is 3. The number of carboxylic acids is 1. The Morgan fingerprint density at radius 2 is 1.80 bits per heavy atom. The normalized spacial score (nSPS) is 8.00. The second-order valence-electron chi connectivity index (χ2n) is 2.33. The van der Waals surface area contributed by atoms with Crippen molar-refractivity contribution in [3.63, 3.8) is 0 Å². The third-order valence-corrected chi connectivity index (χ3v) is 1.63. The van der Waals surface area contributed by atoms with E-state index in [1.165, 1.54) is 5.56 Å². The van der Waals surface area contributed by atoms with E-state index in [1.54, 1.807) is 0 Å². The minimum Gasteiger partial charge on any atom is -0.477 e. The first-order chi connectivity index (χ1) is 7.06. The van der Waals surface area contributed by atoms with E-state index in [0.29, 0.717) is 0 Å². The van der Waals surface area contributed by atoms with E-state index in [9.17, 15) is 13.2 Å². The highest BCUT2D eigenvalue weighted by Gasteiger charge is 1.83. The first-order valence-corrected chi connectivity index (χ1v) is 5.03. The SMILES string of the molecule is C=Cc1ccccc1.O=C(O)C=S(=O)=O. The molecule has 0 aliphatic rings. The number of rotatable bonds is 2. The zero-order valence-corrected chi connectivity index (χ0v) is 8.65. The molecule has 15 heavy (non-hydrogen) atoms. The lowest BCUT2D eigenvalue weighted by Crippen LogP contribution is -1.94. The summed E-state index contributed by atoms with van der Waals surface area (Å²) in [5, 5.41) is 7.80. The largest absolute Gasteiger partial charge is 0.477 e. The van der Waals surface area contributed by atoms with Gasteiger partial charge in [-0.2, -0.15) is 8.42 Å². The molecule has 0 saturated heterocycles. The fourth-order valence-corrected chi connectivity index (χ4v) is 0.836. The standard InChI is InChI=1S/C8H8.C2H2O4S/c1-2-8-6-4-3-5-7-8;3-2(4)1-7(5)6/h2-7H,1H2;1H,(H,3,4). The molecule has 0 bridgehead atoms. The Labute approximate surface area is 89.0 Å². The van der Waals surface area contributed by atoms with Crippen LogP contribution in [0.2, 0.25) is 0 Å². The highest BCUT2D eigenvalue weighted by atomic mass is 32.2. The molecule has 0 saturated carbocycles. The van der Waals surface area contributed by atoms with Gasteiger partial charge in [-0.3, -0.25) is 0 Å². The van der Waals surface area contributed by atoms with Crippen LogP contribution < -0.4 is 0 Å². The van der Waals surface area contributed by atoms with E-state index in [4.69, 9.17) is 5.11 Å². The highest BCUT2D eigenvalue weighted by Crippen LogP contribution is 1.97. The number of hydrogen-bond donors (Lipinski definition) is 1. The zero-order valence-electron chi connectivity index (χ0n) is 7.83. The van der Waals surface area contributed by atoms with Gasteiger partial charge in [-0.25, -0.2) is 4.79 Å². The molecular formula is C10H10O4S. The van der Waals surface area contributed by atoms with Gasteiger partial charge in [0.2, 0.25) is 10.3 Å². The summed E-state index contributed by atoms with van der Waals surface area (Å²) in [5.74, 6) is -1.45. The number of benzene rings is 1. The fraction of sp³-hybridized carbons (Fsp3) is 0. The molecule has 0 aromatic heterocycles. The van der Waals surface area contributed by atoms with Crippen LogP contribution in [0.25, 0.3) is 6.08 Å². The van der Waals surface area contributed by atoms with Crippen molar-refractivity contribution in [3.8, 4) is 0 Å². The number of carbonyl (C=O) groups is 1. The maximum absolute atomic E-state index is 9.37. The fourth-order valence-electron chi connectivity index (χ4n) is 0.671. The number of carboxylic acid groups (broad SMARTS) is 1. The lowest BCUT2D eigenvalue weighted by atomic mass is 10.2. The van der Waals surface area contributed by atoms with Crippen molar-refractivity contribution in [2.45, 2.75) is 0 Å². The lowest BCUT2D eigenvalue weighted by molar-refractivity contribution is -0.128. The van der Waals surface area contributed by atoms with E-state index >= 15 is 0 Å². The summed E-state index contributed by atoms with van der Waals surface area (Å²) in [5.41, 5.74) is 1.17. The molecule has 1 aromatic carbocycles. The molecule has 0 aliphatic carbocycles. The smallest absolute Gasteiger partial charge is 0.343 e. The van der Waals surface area contributed by atoms with E-state index in [1.807, 2.05) is 36.4 Å². The maximum atomic E-state index is 9.37. The predicted octanol–water partition coefficient (Wildman–Crippen LogP) is 1.08. The van der Waals surface area contributed by atoms with Gasteiger partial charge >= 0.3 is 5.97 Å². The van der Waals surface area contributed by atoms with E-state index in [0.717, 1.165) is 0 Å². The van der Waals surface area contributed by atoms with Crippen LogP contribution in [0.3, 0.4) is 0 Å². The Morgan fingerprint density at radius 1 is 1.27 bits per heavy atom. The van der Waals surface area contributed by atoms with Crippen LogP contribution >= 0.6 is 0 Å². The van der Waals surface area contributed by atoms with Crippen LogP contribution in [0.5, 0.6) is 0 Å². The van der Waals surface area contributed by atoms with Gasteiger partial charge in [-0.15, -0.1) is 0 Å². The molecule has 1 N–H and O–H groups in total. The summed E-state index contributed by atoms with van der Waals surface area (Å²) in [4.78, 5) is 9.36. The topological polar surface area (TPSA) is 71.4 Å². The summed E-state index contributed by atoms with van der Waals surface area (Å²) in [6.45, 7) is 3.63. The van der Waals surface area contributed by atoms with Gasteiger partial charge in [0.1, 0.15) is 5.37 Å². The molecule has 0 fully saturated rings. The van der Waals surface area contributed by atoms with Crippen molar-refractivity contribution in [2.75, 3.05) is 0 Å². The maximum Gasteiger partial charge on any atom is 0.343 e. The molecule has 80 valence electrons. The van der Waals surface area contributed by atoms with Crippen molar-refractivity contribution in [1.82, 2.24) is 0 Å². The van der Waals surface area contributed by atoms with Gasteiger partial charge < -0.3 is 5.11 Å². The van der Waals surface area contributed by atoms with Crippen LogP contribution in [-0.4, -0.2) is 24.9 Å². The Morgan fingerprint density at radius 3 is 2.00 bits per heavy atom. The molecule has 0 atom stereocenters. The van der Waals surface area contributed by atoms with Gasteiger partial charge in [0, 0.05) is 0 Å². The minimum atomic E-state index is -2.57. The second kappa shape index (κ2) is 7.52. The first kappa shape index (κ1) is 13.1. The van der Waals surface area contributed by atoms with Crippen LogP contribution in [0.4, 0.5) is 0 Å². The van der Waals surface area contributed by atoms with Crippen LogP contribution in [-0.2, 0) is 15.1 Å². The summed E-state index contributed by atoms with van der Waals surface area (Å²) in [7, 11) is -2.57. The molecule has 1 aromatic rings. The van der Waals surface area contributed by atoms with Gasteiger partial charge in [0.05, 0.1) is 0 Å². The Bertz CT molecular complexity index is 438. The van der Waals surface area contributed by atoms with E-state index < -0.39 is 16.3 Å². The van der Waals surface area contributed by atoms with E-state index in [-0.39, 0.29) is 5.37 Å². The minimum absolute atomic E-state index is 0.167. The molecule has 0 radical (unpaired) electrons. The monoisotopic (exact) mass is 226 g/mol. The van der Waals surface area contributed by atoms with Crippen molar-refractivity contribution in [1.29, 1.82) is 0 Å². The molecule has 0 aliphatic heterocycles. The third-order valence-electron chi connectivity index (χ3n) is 1.23. The molecule has 4 nitrogen and oxygen atoms in total. The predicted molar refractivity (Wildman–Crippen MR) is 59.2 cm³/mol. The van der Waals surface area contributed by atoms with Gasteiger partial charge in [-0.05, 0) is 5.56 Å². The summed E-state index contributed by atoms with van der Waals surface area (Å²) < 4.78 is 18.7. The summed E-state index contributed by atoms with van der Waals surface area (Å²) in [6.07, 6.45) is 1.83. The van der Waals surface area contributed by atoms with Crippen molar-refractivity contribution >= 4 is 27.7 Å². The van der Waals surface area contributed by atoms with Crippen LogP contribution in [0.15, 0.2) is 36.9 Å². The van der Waals surface area contributed by atoms with Gasteiger partial charge in [0.25, 0.3) is 0 Å². The summed E-state index contributed by atoms with van der Waals surface area (Å²) in [6, 6.07) is 10.0. The molecule has 0 spiro atoms. The average molecular weight is 226 g/mol. The van der Waals surface area contributed by atoms with Crippen LogP contribution in [0.1, 0.15) is 5.56 Å². The molecule has 5 heteroatoms. The molecule has 1 rings (SSSR count). The highest BCUT2D eigenvalue weighted by molar-refractivity contribution is 7.73. The Hall–Kier alpha value is -1.88. The van der Waals surface area contributed by atoms with Crippen LogP contribution in [0, 0.1) is 0 Å². The van der Waals surface area contributed by atoms with E-state index in [2.05, 4.69) is 6.58 Å². The summed E-state index contributed by atoms with van der Waals surface area (Å²) >= 11 is 0. The van der Waals surface area contributed by atoms with Crippen molar-refractivity contribution < 1.29 is 18.3 Å². The Balaban J connectivity index is 0.000000265. The molecule has 0 unspecified atom stereocenters. The molecule has 0 amide bonds. The van der Waals surface area contributed by atoms with Crippen molar-refractivity contribution in [2.24, 2.45) is 0 Å². The zero-order chi connectivity index (χ0) is 11.7. The molecular weight excluding hydrogens is 216 g/mol. The lowest BCUT2D eigenvalue weighted by Gasteiger charge is -1.85. The quantitative estimate of drug-likeness (QED) is 0.766. The first-order valence-electron chi connectivity index (χ1n) is 3.89. The Kier molecular flexibility index (Phi) is 6.57. The average Bonchev–Trinajstić information content (AvgIpc) is 2.18. The van der Waals surface area contributed by atoms with Crippen molar-refractivity contribution in [3.05, 3.63) is 42.5 Å². The third kappa shape index (κ3) is 8.45. The number of aliphatic carboxylic acids is 1. The van der Waals surface area contributed by atoms with Gasteiger partial charge in [-0.1, -0.05) is 43.0 Å². The second-order valence-corrected chi connectivity index (χ2v) is 3.09.